The van der Waals surface area contributed by atoms with Gasteiger partial charge in [0.15, 0.2) is 0 Å². The maximum absolute atomic E-state index is 12.0. The van der Waals surface area contributed by atoms with Crippen molar-refractivity contribution >= 4 is 6.09 Å². The van der Waals surface area contributed by atoms with Crippen molar-refractivity contribution in [2.45, 2.75) is 52.4 Å². The van der Waals surface area contributed by atoms with Crippen molar-refractivity contribution < 1.29 is 19.7 Å². The van der Waals surface area contributed by atoms with Gasteiger partial charge >= 0.3 is 6.09 Å². The van der Waals surface area contributed by atoms with Crippen LogP contribution in [0.25, 0.3) is 0 Å². The molecule has 0 bridgehead atoms. The van der Waals surface area contributed by atoms with E-state index in [2.05, 4.69) is 0 Å². The van der Waals surface area contributed by atoms with Crippen molar-refractivity contribution in [2.24, 2.45) is 0 Å². The van der Waals surface area contributed by atoms with Crippen LogP contribution in [0.2, 0.25) is 0 Å². The molecule has 0 aliphatic carbocycles. The van der Waals surface area contributed by atoms with Crippen molar-refractivity contribution in [3.63, 3.8) is 0 Å². The van der Waals surface area contributed by atoms with Crippen molar-refractivity contribution in [3.8, 4) is 0 Å². The maximum atomic E-state index is 12.0. The highest BCUT2D eigenvalue weighted by atomic mass is 16.6. The quantitative estimate of drug-likeness (QED) is 0.695. The summed E-state index contributed by atoms with van der Waals surface area (Å²) in [6.45, 7) is 8.97. The van der Waals surface area contributed by atoms with E-state index in [1.54, 1.807) is 20.8 Å². The number of hydrogen-bond acceptors (Lipinski definition) is 4. The molecule has 0 spiro atoms. The second kappa shape index (κ2) is 5.28. The Hall–Kier alpha value is -1.07. The highest BCUT2D eigenvalue weighted by molar-refractivity contribution is 5.69. The lowest BCUT2D eigenvalue weighted by atomic mass is 9.94. The number of nitrogens with zero attached hydrogens (tertiary/aromatic N) is 1. The van der Waals surface area contributed by atoms with Crippen LogP contribution in [-0.2, 0) is 4.74 Å². The zero-order valence-corrected chi connectivity index (χ0v) is 11.7. The van der Waals surface area contributed by atoms with E-state index in [0.717, 1.165) is 11.1 Å². The number of amides is 1. The molecule has 0 fully saturated rings. The number of rotatable bonds is 1. The molecule has 0 saturated heterocycles. The molecule has 0 radical (unpaired) electrons. The summed E-state index contributed by atoms with van der Waals surface area (Å²) in [6, 6.07) is -0.414. The molecule has 1 amide bonds. The van der Waals surface area contributed by atoms with Gasteiger partial charge in [-0.05, 0) is 45.8 Å². The monoisotopic (exact) mass is 257 g/mol. The van der Waals surface area contributed by atoms with Gasteiger partial charge in [-0.15, -0.1) is 0 Å². The Balaban J connectivity index is 2.93. The van der Waals surface area contributed by atoms with E-state index >= 15 is 0 Å². The molecular weight excluding hydrogens is 234 g/mol. The smallest absolute Gasteiger partial charge is 0.410 e. The molecule has 2 N–H and O–H groups in total. The van der Waals surface area contributed by atoms with Crippen LogP contribution in [0.3, 0.4) is 0 Å². The van der Waals surface area contributed by atoms with E-state index < -0.39 is 23.8 Å². The third-order valence-corrected chi connectivity index (χ3v) is 3.17. The number of hydrogen-bond donors (Lipinski definition) is 2. The van der Waals surface area contributed by atoms with Gasteiger partial charge in [0.2, 0.25) is 0 Å². The average Bonchev–Trinajstić information content (AvgIpc) is 2.23. The molecule has 0 aromatic heterocycles. The summed E-state index contributed by atoms with van der Waals surface area (Å²) < 4.78 is 5.28. The fourth-order valence-corrected chi connectivity index (χ4v) is 1.97. The highest BCUT2D eigenvalue weighted by Crippen LogP contribution is 2.25. The van der Waals surface area contributed by atoms with Gasteiger partial charge in [0, 0.05) is 0 Å². The molecule has 1 aliphatic heterocycles. The molecule has 5 heteroatoms. The van der Waals surface area contributed by atoms with E-state index in [4.69, 9.17) is 4.74 Å². The van der Waals surface area contributed by atoms with Gasteiger partial charge in [-0.3, -0.25) is 4.90 Å². The first-order valence-electron chi connectivity index (χ1n) is 6.13. The molecule has 0 aromatic rings. The lowest BCUT2D eigenvalue weighted by Crippen LogP contribution is -2.52. The summed E-state index contributed by atoms with van der Waals surface area (Å²) in [7, 11) is 0. The van der Waals surface area contributed by atoms with Crippen LogP contribution in [0, 0.1) is 0 Å². The zero-order valence-electron chi connectivity index (χ0n) is 11.7. The first kappa shape index (κ1) is 15.0. The standard InChI is InChI=1S/C13H23NO4/c1-8-9(2)11(16)6-14(10(8)7-15)12(17)18-13(3,4)5/h10-11,15-16H,6-7H2,1-5H3/t10-,11-/m1/s1. The Bertz CT molecular complexity index is 356. The lowest BCUT2D eigenvalue weighted by Gasteiger charge is -2.39. The second-order valence-electron chi connectivity index (χ2n) is 5.71. The molecule has 2 atom stereocenters. The second-order valence-corrected chi connectivity index (χ2v) is 5.71. The van der Waals surface area contributed by atoms with E-state index in [9.17, 15) is 15.0 Å². The summed E-state index contributed by atoms with van der Waals surface area (Å²) in [6.07, 6.45) is -1.20. The third-order valence-electron chi connectivity index (χ3n) is 3.17. The predicted octanol–water partition coefficient (Wildman–Crippen LogP) is 1.30. The minimum atomic E-state index is -0.694. The van der Waals surface area contributed by atoms with Crippen molar-refractivity contribution in [2.75, 3.05) is 13.2 Å². The average molecular weight is 257 g/mol. The molecule has 1 aliphatic rings. The molecule has 0 saturated carbocycles. The first-order chi connectivity index (χ1) is 8.17. The minimum absolute atomic E-state index is 0.156. The Morgan fingerprint density at radius 2 is 1.94 bits per heavy atom. The Kier molecular flexibility index (Phi) is 4.40. The number of aliphatic hydroxyl groups excluding tert-OH is 2. The summed E-state index contributed by atoms with van der Waals surface area (Å²) in [5.41, 5.74) is 1.04. The van der Waals surface area contributed by atoms with Crippen LogP contribution in [0.1, 0.15) is 34.6 Å². The normalized spacial score (nSPS) is 25.4. The van der Waals surface area contributed by atoms with Gasteiger partial charge in [0.05, 0.1) is 25.3 Å². The highest BCUT2D eigenvalue weighted by Gasteiger charge is 2.35. The van der Waals surface area contributed by atoms with Gasteiger partial charge in [0.25, 0.3) is 0 Å². The number of ether oxygens (including phenoxy) is 1. The van der Waals surface area contributed by atoms with Gasteiger partial charge in [0.1, 0.15) is 5.60 Å². The largest absolute Gasteiger partial charge is 0.444 e. The number of carbonyl (C=O) groups is 1. The summed E-state index contributed by atoms with van der Waals surface area (Å²) >= 11 is 0. The zero-order chi connectivity index (χ0) is 14.1. The number of β-amino-alcohol motifs (C(OH)–C–C–N with tert-alkyl or cyclic N) is 1. The fraction of sp³-hybridized carbons (Fsp3) is 0.769. The summed E-state index contributed by atoms with van der Waals surface area (Å²) in [5, 5.41) is 19.3. The van der Waals surface area contributed by atoms with E-state index in [1.807, 2.05) is 13.8 Å². The summed E-state index contributed by atoms with van der Waals surface area (Å²) in [4.78, 5) is 13.4. The molecular formula is C13H23NO4. The molecule has 0 unspecified atom stereocenters. The molecule has 0 aromatic carbocycles. The Morgan fingerprint density at radius 1 is 1.39 bits per heavy atom. The van der Waals surface area contributed by atoms with Crippen molar-refractivity contribution in [3.05, 3.63) is 11.1 Å². The van der Waals surface area contributed by atoms with Gasteiger partial charge in [-0.2, -0.15) is 0 Å². The predicted molar refractivity (Wildman–Crippen MR) is 68.2 cm³/mol. The van der Waals surface area contributed by atoms with Gasteiger partial charge in [-0.25, -0.2) is 4.79 Å². The minimum Gasteiger partial charge on any atom is -0.444 e. The van der Waals surface area contributed by atoms with Crippen LogP contribution in [0.4, 0.5) is 4.79 Å². The molecule has 104 valence electrons. The lowest BCUT2D eigenvalue weighted by molar-refractivity contribution is -0.0000410. The van der Waals surface area contributed by atoms with Crippen LogP contribution < -0.4 is 0 Å². The summed E-state index contributed by atoms with van der Waals surface area (Å²) in [5.74, 6) is 0. The Labute approximate surface area is 108 Å². The first-order valence-corrected chi connectivity index (χ1v) is 6.13. The maximum Gasteiger partial charge on any atom is 0.410 e. The van der Waals surface area contributed by atoms with Gasteiger partial charge in [-0.1, -0.05) is 0 Å². The van der Waals surface area contributed by atoms with E-state index in [1.165, 1.54) is 4.90 Å². The SMILES string of the molecule is CC1=C(C)[C@@H](CO)N(C(=O)OC(C)(C)C)C[C@H]1O. The third kappa shape index (κ3) is 3.23. The Morgan fingerprint density at radius 3 is 2.39 bits per heavy atom. The van der Waals surface area contributed by atoms with Crippen LogP contribution in [0.15, 0.2) is 11.1 Å². The molecule has 5 nitrogen and oxygen atoms in total. The van der Waals surface area contributed by atoms with Crippen molar-refractivity contribution in [1.82, 2.24) is 4.90 Å². The topological polar surface area (TPSA) is 70.0 Å². The molecule has 18 heavy (non-hydrogen) atoms. The van der Waals surface area contributed by atoms with Crippen LogP contribution in [-0.4, -0.2) is 52.1 Å². The van der Waals surface area contributed by atoms with Gasteiger partial charge < -0.3 is 14.9 Å². The number of aliphatic hydroxyl groups is 2. The van der Waals surface area contributed by atoms with Crippen LogP contribution in [0.5, 0.6) is 0 Å². The van der Waals surface area contributed by atoms with Crippen LogP contribution >= 0.6 is 0 Å². The number of carbonyl (C=O) groups excluding carboxylic acids is 1. The molecule has 1 heterocycles. The fourth-order valence-electron chi connectivity index (χ4n) is 1.97. The van der Waals surface area contributed by atoms with E-state index in [0.29, 0.717) is 0 Å². The van der Waals surface area contributed by atoms with Crippen molar-refractivity contribution in [1.29, 1.82) is 0 Å². The van der Waals surface area contributed by atoms with E-state index in [-0.39, 0.29) is 13.2 Å². The molecule has 1 rings (SSSR count).